The second kappa shape index (κ2) is 39.0. The Morgan fingerprint density at radius 3 is 1.34 bits per heavy atom. The van der Waals surface area contributed by atoms with Crippen LogP contribution in [-0.2, 0) is 37.7 Å². The predicted octanol–water partition coefficient (Wildman–Crippen LogP) is 18.3. The van der Waals surface area contributed by atoms with Gasteiger partial charge < -0.3 is 76.9 Å². The highest BCUT2D eigenvalue weighted by atomic mass is 79.9. The molecule has 6 atom stereocenters. The van der Waals surface area contributed by atoms with Crippen LogP contribution in [0.1, 0.15) is 90.0 Å². The number of hydrogen-bond acceptors (Lipinski definition) is 26. The van der Waals surface area contributed by atoms with Crippen molar-refractivity contribution in [1.82, 2.24) is 54.6 Å². The van der Waals surface area contributed by atoms with Gasteiger partial charge in [0.15, 0.2) is 11.4 Å². The molecule has 6 bridgehead atoms. The maximum atomic E-state index is 14.7. The fourth-order valence-electron chi connectivity index (χ4n) is 13.9. The highest BCUT2D eigenvalue weighted by Crippen LogP contribution is 2.44. The van der Waals surface area contributed by atoms with Crippen LogP contribution in [-0.4, -0.2) is 210 Å². The normalized spacial score (nSPS) is 22.1. The van der Waals surface area contributed by atoms with E-state index in [0.717, 1.165) is 44.3 Å². The first-order chi connectivity index (χ1) is 55.8. The number of rotatable bonds is 6. The molecule has 15 heterocycles. The zero-order valence-electron chi connectivity index (χ0n) is 67.5. The second-order valence-electron chi connectivity index (χ2n) is 32.8. The summed E-state index contributed by atoms with van der Waals surface area (Å²) in [7, 11) is -0.727. The minimum absolute atomic E-state index is 0. The number of aliphatic hydroxyl groups is 1. The third-order valence-electron chi connectivity index (χ3n) is 20.1. The molecule has 7 saturated heterocycles. The minimum Gasteiger partial charge on any atom is -0.577 e. The molecular weight excluding hydrogens is 1810 g/mol. The van der Waals surface area contributed by atoms with E-state index in [1.807, 2.05) is 118 Å². The fourth-order valence-corrected chi connectivity index (χ4v) is 19.1. The first-order valence-electron chi connectivity index (χ1n) is 37.7. The topological polar surface area (TPSA) is 285 Å². The Morgan fingerprint density at radius 2 is 0.908 bits per heavy atom. The second-order valence-corrected chi connectivity index (χ2v) is 38.8. The van der Waals surface area contributed by atoms with E-state index in [4.69, 9.17) is 83.5 Å². The molecule has 0 saturated carbocycles. The summed E-state index contributed by atoms with van der Waals surface area (Å²) in [6, 6.07) is 10.7. The van der Waals surface area contributed by atoms with E-state index in [1.54, 1.807) is 61.6 Å². The van der Waals surface area contributed by atoms with Crippen molar-refractivity contribution in [2.24, 2.45) is 35.5 Å². The molecule has 7 fully saturated rings. The van der Waals surface area contributed by atoms with Gasteiger partial charge in [-0.3, -0.25) is 0 Å². The van der Waals surface area contributed by atoms with Crippen LogP contribution in [0, 0.1) is 60.3 Å². The summed E-state index contributed by atoms with van der Waals surface area (Å²) in [6.07, 6.45) is 4.41. The summed E-state index contributed by atoms with van der Waals surface area (Å²) < 4.78 is 91.7. The third kappa shape index (κ3) is 22.7. The lowest BCUT2D eigenvalue weighted by atomic mass is 9.78. The molecule has 634 valence electrons. The van der Waals surface area contributed by atoms with Gasteiger partial charge >= 0.3 is 25.4 Å². The molecule has 0 radical (unpaired) electrons. The van der Waals surface area contributed by atoms with Crippen LogP contribution in [0.2, 0.25) is 10.3 Å². The fraction of sp³-hybridized carbons (Fsp3) is 0.487. The number of fused-ring (bicyclic) bond motifs is 10. The molecule has 0 aliphatic carbocycles. The number of benzene rings is 2. The van der Waals surface area contributed by atoms with Gasteiger partial charge in [-0.1, -0.05) is 47.5 Å². The number of aromatic nitrogens is 8. The smallest absolute Gasteiger partial charge is 0.497 e. The van der Waals surface area contributed by atoms with Crippen LogP contribution in [0.15, 0.2) is 98.2 Å². The summed E-state index contributed by atoms with van der Waals surface area (Å²) in [5.74, 6) is 0.251. The van der Waals surface area contributed by atoms with Crippen molar-refractivity contribution in [3.8, 4) is 22.9 Å². The molecule has 17 rings (SSSR count). The summed E-state index contributed by atoms with van der Waals surface area (Å²) in [4.78, 5) is 82.0. The predicted molar refractivity (Wildman–Crippen MR) is 466 cm³/mol. The van der Waals surface area contributed by atoms with E-state index in [9.17, 15) is 28.3 Å². The maximum absolute atomic E-state index is 14.7. The molecule has 7 aliphatic rings. The number of aliphatic hydroxyl groups excluding tert-OH is 1. The van der Waals surface area contributed by atoms with Crippen molar-refractivity contribution in [3.05, 3.63) is 143 Å². The zero-order valence-corrected chi connectivity index (χ0v) is 76.6. The molecule has 3 amide bonds. The Kier molecular flexibility index (Phi) is 30.3. The van der Waals surface area contributed by atoms with Gasteiger partial charge in [-0.05, 0) is 145 Å². The van der Waals surface area contributed by atoms with E-state index in [2.05, 4.69) is 81.4 Å². The number of amides is 3. The highest BCUT2D eigenvalue weighted by molar-refractivity contribution is 9.11. The number of thiophene rings is 4. The molecule has 10 aromatic rings. The van der Waals surface area contributed by atoms with E-state index >= 15 is 0 Å². The number of hydrogen-bond donors (Lipinski definition) is 1. The number of piperidine rings is 3. The van der Waals surface area contributed by atoms with Crippen LogP contribution in [0.4, 0.5) is 34.5 Å². The third-order valence-corrected chi connectivity index (χ3v) is 26.5. The standard InChI is InChI=1S/C25H25FN4O4S.C18H22BrN3O4S.C13H15BFNO2.C12H21NO4.C6H2BrClN2S.C6H3ClN2S.H2P/c1-25(2,3)34-24(31)30-8-14-10-32-11-15(9-30)21(14)33-23-22-20(28-13-29-23)18(12-35-22)17-6-5-16(27-4)7-19(17)26;1-18(2,3)26-17(23)22-4-10-6-24-7-11(5-22)14(10)25-16-15-13(20-9-21-16)12(19)8-27-15;1-12(2)13(3,4)18-14(17-12)10-7-6-9(16-5)8-11(10)15;1-12(2,3)17-11(15)13-4-8-6-16-7-9(5-13)10(8)14;7-3-1-11-5-4(3)9-2-10-6(5)8;7-6-5-4(1-2-10-5)8-3-9-6;/h5-7,12-15,21H,8-11H2,1-3H3;8-11,14H,4-7H2,1-3H3;6-8H,1-4H3;8-10,14H,4-7H2,1-3H3;1-2H;1-3H;1H2/q;;;;;;-1. The molecule has 119 heavy (non-hydrogen) atoms. The molecule has 39 heteroatoms. The van der Waals surface area contributed by atoms with Crippen molar-refractivity contribution in [1.29, 1.82) is 0 Å². The van der Waals surface area contributed by atoms with Gasteiger partial charge in [0.25, 0.3) is 0 Å². The average Bonchev–Trinajstić information content (AvgIpc) is 1.66. The Balaban J connectivity index is 0.000000147. The first-order valence-corrected chi connectivity index (χ1v) is 43.6. The van der Waals surface area contributed by atoms with Crippen molar-refractivity contribution in [2.45, 2.75) is 136 Å². The highest BCUT2D eigenvalue weighted by Gasteiger charge is 2.53. The van der Waals surface area contributed by atoms with Gasteiger partial charge in [0.2, 0.25) is 11.8 Å². The largest absolute Gasteiger partial charge is 0.577 e. The van der Waals surface area contributed by atoms with Crippen molar-refractivity contribution < 1.29 is 75.5 Å². The summed E-state index contributed by atoms with van der Waals surface area (Å²) in [6.45, 7) is 44.5. The van der Waals surface area contributed by atoms with Crippen molar-refractivity contribution in [3.63, 3.8) is 0 Å². The summed E-state index contributed by atoms with van der Waals surface area (Å²) in [5, 5.41) is 18.7. The molecular formula is C80H90BBr2Cl2F2N13O14PS4-. The van der Waals surface area contributed by atoms with Gasteiger partial charge in [0.1, 0.15) is 96.7 Å². The van der Waals surface area contributed by atoms with Crippen LogP contribution in [0.5, 0.6) is 11.8 Å². The molecule has 8 aromatic heterocycles. The summed E-state index contributed by atoms with van der Waals surface area (Å²) >= 11 is 24.5. The lowest BCUT2D eigenvalue weighted by Gasteiger charge is -2.46. The Morgan fingerprint density at radius 1 is 0.521 bits per heavy atom. The number of likely N-dealkylation sites (tertiary alicyclic amines) is 3. The van der Waals surface area contributed by atoms with E-state index < -0.39 is 46.8 Å². The van der Waals surface area contributed by atoms with Crippen LogP contribution < -0.4 is 14.9 Å². The number of carbonyl (C=O) groups excluding carboxylic acids is 3. The quantitative estimate of drug-likeness (QED) is 0.0532. The Hall–Kier alpha value is -7.36. The molecule has 2 aromatic carbocycles. The van der Waals surface area contributed by atoms with E-state index in [0.29, 0.717) is 123 Å². The van der Waals surface area contributed by atoms with Crippen LogP contribution >= 0.6 is 110 Å². The molecule has 0 spiro atoms. The number of nitrogens with zero attached hydrogens (tertiary/aromatic N) is 13. The van der Waals surface area contributed by atoms with Crippen molar-refractivity contribution in [2.75, 3.05) is 78.9 Å². The van der Waals surface area contributed by atoms with Gasteiger partial charge in [0, 0.05) is 108 Å². The SMILES string of the molecule is CC(C)(C)OC(=O)N1CC2COCC(C1)C2O.CC(C)(C)OC(=O)N1CC2COCC(C1)C2Oc1ncnc2c(Br)csc12.Clc1ncnc2c(Br)csc12.Clc1ncnc2ccsc12.[C-]#[N+]c1ccc(-c2csc3c(OC4C5COCC4CN(C(=O)OC(C)(C)C)C5)ncnc23)c(F)c1.[C-]#[N+]c1ccc(B2OC(C)(C)C(C)(C)O2)c(F)c1.[PH2-]. The molecule has 1 N–H and O–H groups in total. The van der Waals surface area contributed by atoms with Crippen LogP contribution in [0.25, 0.3) is 61.7 Å². The van der Waals surface area contributed by atoms with Gasteiger partial charge in [-0.2, -0.15) is 0 Å². The summed E-state index contributed by atoms with van der Waals surface area (Å²) in [5.41, 5.74) is 2.59. The molecule has 6 unspecified atom stereocenters. The lowest BCUT2D eigenvalue weighted by Crippen LogP contribution is -2.59. The minimum atomic E-state index is -0.727. The zero-order chi connectivity index (χ0) is 84.9. The number of ether oxygens (including phenoxy) is 8. The maximum Gasteiger partial charge on any atom is 0.497 e. The average molecular weight is 1900 g/mol. The number of carbonyl (C=O) groups is 3. The Labute approximate surface area is 734 Å². The Bertz CT molecular complexity index is 5300. The van der Waals surface area contributed by atoms with Gasteiger partial charge in [0.05, 0.1) is 99.5 Å². The molecule has 27 nitrogen and oxygen atoms in total. The first kappa shape index (κ1) is 92.4. The lowest BCUT2D eigenvalue weighted by molar-refractivity contribution is -0.122. The van der Waals surface area contributed by atoms with E-state index in [-0.39, 0.29) is 93.4 Å². The van der Waals surface area contributed by atoms with Crippen molar-refractivity contribution >= 4 is 193 Å². The molecule has 7 aliphatic heterocycles. The van der Waals surface area contributed by atoms with Crippen LogP contribution in [0.3, 0.4) is 0 Å². The van der Waals surface area contributed by atoms with E-state index in [1.165, 1.54) is 60.1 Å². The monoisotopic (exact) mass is 1890 g/mol. The van der Waals surface area contributed by atoms with Gasteiger partial charge in [-0.15, -0.1) is 45.3 Å². The number of halogens is 6. The van der Waals surface area contributed by atoms with Gasteiger partial charge in [-0.25, -0.2) is 72.7 Å².